The van der Waals surface area contributed by atoms with Crippen molar-refractivity contribution in [1.29, 1.82) is 0 Å². The number of halogens is 1. The van der Waals surface area contributed by atoms with Gasteiger partial charge in [0.2, 0.25) is 0 Å². The first kappa shape index (κ1) is 15.1. The standard InChI is InChI=1S/C17H19ClN2O2/c1-11(2)16-9-15(19-22-16)17(21)20-8-7-12(10-20)13-5-3-4-6-14(13)18/h3-6,9,11-12H,7-8,10H2,1-2H3/t12-/m1/s1. The number of rotatable bonds is 3. The largest absolute Gasteiger partial charge is 0.360 e. The van der Waals surface area contributed by atoms with Crippen molar-refractivity contribution in [2.45, 2.75) is 32.1 Å². The molecule has 1 saturated heterocycles. The fourth-order valence-corrected chi connectivity index (χ4v) is 3.12. The molecule has 0 N–H and O–H groups in total. The predicted molar refractivity (Wildman–Crippen MR) is 85.3 cm³/mol. The van der Waals surface area contributed by atoms with Crippen LogP contribution in [0.25, 0.3) is 0 Å². The molecule has 1 fully saturated rings. The lowest BCUT2D eigenvalue weighted by Crippen LogP contribution is -2.28. The van der Waals surface area contributed by atoms with Crippen LogP contribution in [-0.2, 0) is 0 Å². The van der Waals surface area contributed by atoms with Crippen molar-refractivity contribution in [2.75, 3.05) is 13.1 Å². The van der Waals surface area contributed by atoms with Gasteiger partial charge in [0.15, 0.2) is 5.69 Å². The molecule has 2 aromatic rings. The molecule has 1 amide bonds. The minimum Gasteiger partial charge on any atom is -0.360 e. The van der Waals surface area contributed by atoms with Gasteiger partial charge in [-0.3, -0.25) is 4.79 Å². The van der Waals surface area contributed by atoms with Gasteiger partial charge in [0.25, 0.3) is 5.91 Å². The molecule has 22 heavy (non-hydrogen) atoms. The van der Waals surface area contributed by atoms with Crippen LogP contribution in [0.15, 0.2) is 34.9 Å². The Balaban J connectivity index is 1.72. The lowest BCUT2D eigenvalue weighted by Gasteiger charge is -2.15. The predicted octanol–water partition coefficient (Wildman–Crippen LogP) is 4.08. The van der Waals surface area contributed by atoms with E-state index in [0.29, 0.717) is 12.2 Å². The van der Waals surface area contributed by atoms with Crippen LogP contribution < -0.4 is 0 Å². The van der Waals surface area contributed by atoms with Crippen LogP contribution >= 0.6 is 11.6 Å². The summed E-state index contributed by atoms with van der Waals surface area (Å²) < 4.78 is 5.22. The maximum atomic E-state index is 12.5. The smallest absolute Gasteiger partial charge is 0.276 e. The molecule has 5 heteroatoms. The highest BCUT2D eigenvalue weighted by Crippen LogP contribution is 2.32. The third kappa shape index (κ3) is 2.88. The first-order valence-electron chi connectivity index (χ1n) is 7.56. The Morgan fingerprint density at radius 3 is 2.86 bits per heavy atom. The molecule has 0 unspecified atom stereocenters. The molecule has 0 spiro atoms. The molecular formula is C17H19ClN2O2. The molecule has 4 nitrogen and oxygen atoms in total. The fraction of sp³-hybridized carbons (Fsp3) is 0.412. The zero-order chi connectivity index (χ0) is 15.7. The summed E-state index contributed by atoms with van der Waals surface area (Å²) in [7, 11) is 0. The van der Waals surface area contributed by atoms with E-state index >= 15 is 0 Å². The highest BCUT2D eigenvalue weighted by molar-refractivity contribution is 6.31. The summed E-state index contributed by atoms with van der Waals surface area (Å²) in [5.41, 5.74) is 1.51. The highest BCUT2D eigenvalue weighted by Gasteiger charge is 2.30. The van der Waals surface area contributed by atoms with Crippen LogP contribution in [-0.4, -0.2) is 29.1 Å². The van der Waals surface area contributed by atoms with Crippen molar-refractivity contribution in [1.82, 2.24) is 10.1 Å². The van der Waals surface area contributed by atoms with E-state index < -0.39 is 0 Å². The number of hydrogen-bond acceptors (Lipinski definition) is 3. The minimum atomic E-state index is -0.0646. The van der Waals surface area contributed by atoms with E-state index in [4.69, 9.17) is 16.1 Å². The first-order chi connectivity index (χ1) is 10.6. The number of nitrogens with zero attached hydrogens (tertiary/aromatic N) is 2. The number of amides is 1. The van der Waals surface area contributed by atoms with E-state index in [1.165, 1.54) is 0 Å². The Bertz CT molecular complexity index is 681. The van der Waals surface area contributed by atoms with Crippen LogP contribution in [0.2, 0.25) is 5.02 Å². The van der Waals surface area contributed by atoms with Gasteiger partial charge in [0, 0.05) is 36.0 Å². The minimum absolute atomic E-state index is 0.0646. The lowest BCUT2D eigenvalue weighted by atomic mass is 9.98. The Labute approximate surface area is 135 Å². The zero-order valence-electron chi connectivity index (χ0n) is 12.8. The fourth-order valence-electron chi connectivity index (χ4n) is 2.83. The van der Waals surface area contributed by atoms with Gasteiger partial charge in [-0.2, -0.15) is 0 Å². The molecule has 1 aromatic heterocycles. The van der Waals surface area contributed by atoms with Gasteiger partial charge in [0.1, 0.15) is 5.76 Å². The Morgan fingerprint density at radius 2 is 2.18 bits per heavy atom. The van der Waals surface area contributed by atoms with Crippen LogP contribution in [0.1, 0.15) is 53.9 Å². The molecule has 0 bridgehead atoms. The van der Waals surface area contributed by atoms with Gasteiger partial charge in [-0.05, 0) is 18.1 Å². The van der Waals surface area contributed by atoms with Crippen molar-refractivity contribution < 1.29 is 9.32 Å². The van der Waals surface area contributed by atoms with Gasteiger partial charge < -0.3 is 9.42 Å². The van der Waals surface area contributed by atoms with Crippen molar-refractivity contribution in [3.05, 3.63) is 52.4 Å². The number of hydrogen-bond donors (Lipinski definition) is 0. The molecule has 0 saturated carbocycles. The summed E-state index contributed by atoms with van der Waals surface area (Å²) in [6, 6.07) is 9.59. The van der Waals surface area contributed by atoms with Gasteiger partial charge >= 0.3 is 0 Å². The van der Waals surface area contributed by atoms with Gasteiger partial charge in [-0.15, -0.1) is 0 Å². The number of aromatic nitrogens is 1. The van der Waals surface area contributed by atoms with Crippen molar-refractivity contribution in [3.63, 3.8) is 0 Å². The molecule has 2 heterocycles. The number of likely N-dealkylation sites (tertiary alicyclic amines) is 1. The molecule has 0 radical (unpaired) electrons. The van der Waals surface area contributed by atoms with E-state index in [0.717, 1.165) is 29.3 Å². The van der Waals surface area contributed by atoms with Crippen molar-refractivity contribution in [2.24, 2.45) is 0 Å². The van der Waals surface area contributed by atoms with Gasteiger partial charge in [0.05, 0.1) is 0 Å². The molecule has 1 aliphatic heterocycles. The zero-order valence-corrected chi connectivity index (χ0v) is 13.5. The summed E-state index contributed by atoms with van der Waals surface area (Å²) in [6.45, 7) is 5.42. The number of benzene rings is 1. The van der Waals surface area contributed by atoms with Crippen LogP contribution in [0.3, 0.4) is 0 Å². The third-order valence-corrected chi connectivity index (χ3v) is 4.48. The topological polar surface area (TPSA) is 46.3 Å². The second kappa shape index (κ2) is 6.13. The quantitative estimate of drug-likeness (QED) is 0.856. The van der Waals surface area contributed by atoms with E-state index in [9.17, 15) is 4.79 Å². The van der Waals surface area contributed by atoms with Crippen LogP contribution in [0, 0.1) is 0 Å². The van der Waals surface area contributed by atoms with Crippen molar-refractivity contribution in [3.8, 4) is 0 Å². The Morgan fingerprint density at radius 1 is 1.41 bits per heavy atom. The summed E-state index contributed by atoms with van der Waals surface area (Å²) in [6.07, 6.45) is 0.921. The average molecular weight is 319 g/mol. The second-order valence-electron chi connectivity index (χ2n) is 6.03. The van der Waals surface area contributed by atoms with E-state index in [-0.39, 0.29) is 17.7 Å². The van der Waals surface area contributed by atoms with E-state index in [1.54, 1.807) is 6.07 Å². The lowest BCUT2D eigenvalue weighted by molar-refractivity contribution is 0.0780. The van der Waals surface area contributed by atoms with Gasteiger partial charge in [-0.1, -0.05) is 48.8 Å². The van der Waals surface area contributed by atoms with Crippen molar-refractivity contribution >= 4 is 17.5 Å². The molecule has 3 rings (SSSR count). The molecular weight excluding hydrogens is 300 g/mol. The maximum absolute atomic E-state index is 12.5. The highest BCUT2D eigenvalue weighted by atomic mass is 35.5. The molecule has 1 aliphatic rings. The Hall–Kier alpha value is -1.81. The van der Waals surface area contributed by atoms with Gasteiger partial charge in [-0.25, -0.2) is 0 Å². The van der Waals surface area contributed by atoms with E-state index in [2.05, 4.69) is 5.16 Å². The molecule has 116 valence electrons. The third-order valence-electron chi connectivity index (χ3n) is 4.14. The Kier molecular flexibility index (Phi) is 4.21. The number of carbonyl (C=O) groups is 1. The van der Waals surface area contributed by atoms with E-state index in [1.807, 2.05) is 43.0 Å². The summed E-state index contributed by atoms with van der Waals surface area (Å²) in [5.74, 6) is 1.19. The number of carbonyl (C=O) groups excluding carboxylic acids is 1. The summed E-state index contributed by atoms with van der Waals surface area (Å²) in [4.78, 5) is 14.3. The monoisotopic (exact) mass is 318 g/mol. The second-order valence-corrected chi connectivity index (χ2v) is 6.43. The van der Waals surface area contributed by atoms with Crippen LogP contribution in [0.5, 0.6) is 0 Å². The van der Waals surface area contributed by atoms with Crippen LogP contribution in [0.4, 0.5) is 0 Å². The molecule has 0 aliphatic carbocycles. The normalized spacial score (nSPS) is 18.2. The molecule has 1 atom stereocenters. The summed E-state index contributed by atoms with van der Waals surface area (Å²) in [5, 5.41) is 4.67. The SMILES string of the molecule is CC(C)c1cc(C(=O)N2CC[C@@H](c3ccccc3Cl)C2)no1. The first-order valence-corrected chi connectivity index (χ1v) is 7.94. The average Bonchev–Trinajstić information content (AvgIpc) is 3.17. The summed E-state index contributed by atoms with van der Waals surface area (Å²) >= 11 is 6.26. The maximum Gasteiger partial charge on any atom is 0.276 e. The molecule has 1 aromatic carbocycles.